The zero-order valence-electron chi connectivity index (χ0n) is 14.2. The number of sulfone groups is 1. The van der Waals surface area contributed by atoms with Gasteiger partial charge in [0.15, 0.2) is 21.3 Å². The van der Waals surface area contributed by atoms with Crippen LogP contribution in [0.1, 0.15) is 0 Å². The Morgan fingerprint density at radius 1 is 0.778 bits per heavy atom. The molecule has 0 unspecified atom stereocenters. The lowest BCUT2D eigenvalue weighted by Crippen LogP contribution is -1.96. The molecule has 0 saturated heterocycles. The second-order valence-corrected chi connectivity index (χ2v) is 9.09. The van der Waals surface area contributed by atoms with E-state index in [1.165, 1.54) is 6.26 Å². The van der Waals surface area contributed by atoms with E-state index < -0.39 is 9.84 Å². The number of benzene rings is 3. The zero-order valence-corrected chi connectivity index (χ0v) is 16.5. The van der Waals surface area contributed by atoms with E-state index in [-0.39, 0.29) is 11.7 Å². The third-order valence-electron chi connectivity index (χ3n) is 4.28. The molecule has 0 N–H and O–H groups in total. The van der Waals surface area contributed by atoms with Crippen molar-refractivity contribution in [1.29, 1.82) is 0 Å². The first-order chi connectivity index (χ1) is 12.8. The molecular weight excluding hydrogens is 407 g/mol. The van der Waals surface area contributed by atoms with Gasteiger partial charge in [0.2, 0.25) is 6.79 Å². The average molecular weight is 421 g/mol. The first-order valence-corrected chi connectivity index (χ1v) is 10.7. The fourth-order valence-corrected chi connectivity index (χ4v) is 4.17. The van der Waals surface area contributed by atoms with Crippen LogP contribution in [0.2, 0.25) is 10.0 Å². The van der Waals surface area contributed by atoms with Gasteiger partial charge in [0.25, 0.3) is 0 Å². The van der Waals surface area contributed by atoms with Crippen LogP contribution in [0.3, 0.4) is 0 Å². The van der Waals surface area contributed by atoms with E-state index in [0.29, 0.717) is 21.5 Å². The molecule has 7 heteroatoms. The molecule has 138 valence electrons. The van der Waals surface area contributed by atoms with Gasteiger partial charge in [-0.2, -0.15) is 0 Å². The van der Waals surface area contributed by atoms with E-state index in [1.54, 1.807) is 30.3 Å². The van der Waals surface area contributed by atoms with Crippen molar-refractivity contribution in [3.63, 3.8) is 0 Å². The number of hydrogen-bond donors (Lipinski definition) is 0. The molecule has 27 heavy (non-hydrogen) atoms. The Bertz CT molecular complexity index is 1120. The Morgan fingerprint density at radius 2 is 1.30 bits per heavy atom. The molecule has 1 aliphatic heterocycles. The average Bonchev–Trinajstić information content (AvgIpc) is 3.06. The molecular formula is C20H14Cl2O4S. The quantitative estimate of drug-likeness (QED) is 0.564. The number of rotatable bonds is 3. The summed E-state index contributed by atoms with van der Waals surface area (Å²) in [5.74, 6) is 1.27. The predicted octanol–water partition coefficient (Wildman–Crippen LogP) is 5.46. The number of fused-ring (bicyclic) bond motifs is 1. The Labute approximate surface area is 167 Å². The minimum absolute atomic E-state index is 0.154. The molecule has 3 aromatic carbocycles. The molecule has 0 saturated carbocycles. The van der Waals surface area contributed by atoms with Crippen molar-refractivity contribution in [3.8, 4) is 33.8 Å². The third kappa shape index (κ3) is 3.63. The van der Waals surface area contributed by atoms with Crippen LogP contribution < -0.4 is 9.47 Å². The molecule has 0 aliphatic carbocycles. The number of halogens is 2. The topological polar surface area (TPSA) is 52.6 Å². The van der Waals surface area contributed by atoms with Crippen LogP contribution in [0.25, 0.3) is 22.3 Å². The van der Waals surface area contributed by atoms with E-state index in [4.69, 9.17) is 32.7 Å². The van der Waals surface area contributed by atoms with Crippen molar-refractivity contribution in [2.24, 2.45) is 0 Å². The van der Waals surface area contributed by atoms with Gasteiger partial charge in [-0.05, 0) is 64.7 Å². The van der Waals surface area contributed by atoms with Crippen LogP contribution in [0.15, 0.2) is 59.5 Å². The van der Waals surface area contributed by atoms with E-state index in [1.807, 2.05) is 24.3 Å². The monoisotopic (exact) mass is 420 g/mol. The number of ether oxygens (including phenoxy) is 2. The van der Waals surface area contributed by atoms with Gasteiger partial charge < -0.3 is 9.47 Å². The summed E-state index contributed by atoms with van der Waals surface area (Å²) in [7, 11) is -3.26. The van der Waals surface area contributed by atoms with Gasteiger partial charge in [0.05, 0.1) is 4.90 Å². The fraction of sp³-hybridized carbons (Fsp3) is 0.100. The molecule has 3 aromatic rings. The SMILES string of the molecule is CS(=O)(=O)c1ccc(-c2cc3c(cc2-c2cc(Cl)cc(Cl)c2)OCO3)cc1. The van der Waals surface area contributed by atoms with E-state index in [2.05, 4.69) is 0 Å². The van der Waals surface area contributed by atoms with Gasteiger partial charge >= 0.3 is 0 Å². The second kappa shape index (κ2) is 6.75. The highest BCUT2D eigenvalue weighted by Crippen LogP contribution is 2.44. The molecule has 0 atom stereocenters. The Balaban J connectivity index is 1.91. The van der Waals surface area contributed by atoms with Crippen LogP contribution in [0.5, 0.6) is 11.5 Å². The molecule has 4 rings (SSSR count). The number of hydrogen-bond acceptors (Lipinski definition) is 4. The summed E-state index contributed by atoms with van der Waals surface area (Å²) < 4.78 is 34.5. The van der Waals surface area contributed by atoms with Crippen LogP contribution >= 0.6 is 23.2 Å². The van der Waals surface area contributed by atoms with Crippen molar-refractivity contribution in [2.75, 3.05) is 13.0 Å². The Hall–Kier alpha value is -2.21. The molecule has 0 fully saturated rings. The summed E-state index contributed by atoms with van der Waals surface area (Å²) in [6, 6.07) is 15.8. The maximum atomic E-state index is 11.7. The van der Waals surface area contributed by atoms with Gasteiger partial charge in [-0.15, -0.1) is 0 Å². The lowest BCUT2D eigenvalue weighted by Gasteiger charge is -2.13. The fourth-order valence-electron chi connectivity index (χ4n) is 3.01. The lowest BCUT2D eigenvalue weighted by atomic mass is 9.94. The van der Waals surface area contributed by atoms with Crippen LogP contribution in [-0.4, -0.2) is 21.5 Å². The smallest absolute Gasteiger partial charge is 0.231 e. The zero-order chi connectivity index (χ0) is 19.2. The van der Waals surface area contributed by atoms with Crippen LogP contribution in [0.4, 0.5) is 0 Å². The van der Waals surface area contributed by atoms with Gasteiger partial charge in [0.1, 0.15) is 0 Å². The first kappa shape index (κ1) is 18.2. The van der Waals surface area contributed by atoms with Crippen LogP contribution in [0, 0.1) is 0 Å². The summed E-state index contributed by atoms with van der Waals surface area (Å²) in [6.07, 6.45) is 1.18. The maximum absolute atomic E-state index is 11.7. The lowest BCUT2D eigenvalue weighted by molar-refractivity contribution is 0.174. The first-order valence-electron chi connectivity index (χ1n) is 8.02. The van der Waals surface area contributed by atoms with Crippen molar-refractivity contribution >= 4 is 33.0 Å². The van der Waals surface area contributed by atoms with Gasteiger partial charge in [-0.25, -0.2) is 8.42 Å². The highest BCUT2D eigenvalue weighted by Gasteiger charge is 2.20. The minimum atomic E-state index is -3.26. The van der Waals surface area contributed by atoms with Crippen molar-refractivity contribution in [2.45, 2.75) is 4.90 Å². The molecule has 1 aliphatic rings. The molecule has 0 radical (unpaired) electrons. The normalized spacial score (nSPS) is 13.0. The van der Waals surface area contributed by atoms with Crippen LogP contribution in [-0.2, 0) is 9.84 Å². The van der Waals surface area contributed by atoms with Gasteiger partial charge in [-0.3, -0.25) is 0 Å². The van der Waals surface area contributed by atoms with E-state index >= 15 is 0 Å². The summed E-state index contributed by atoms with van der Waals surface area (Å²) in [5, 5.41) is 1.04. The third-order valence-corrected chi connectivity index (χ3v) is 5.84. The molecule has 4 nitrogen and oxygen atoms in total. The largest absolute Gasteiger partial charge is 0.454 e. The highest BCUT2D eigenvalue weighted by molar-refractivity contribution is 7.90. The van der Waals surface area contributed by atoms with E-state index in [9.17, 15) is 8.42 Å². The summed E-state index contributed by atoms with van der Waals surface area (Å²) in [6.45, 7) is 0.154. The Morgan fingerprint density at radius 3 is 1.81 bits per heavy atom. The van der Waals surface area contributed by atoms with Crippen molar-refractivity contribution in [3.05, 3.63) is 64.6 Å². The molecule has 0 bridgehead atoms. The minimum Gasteiger partial charge on any atom is -0.454 e. The maximum Gasteiger partial charge on any atom is 0.231 e. The highest BCUT2D eigenvalue weighted by atomic mass is 35.5. The molecule has 0 spiro atoms. The van der Waals surface area contributed by atoms with Crippen molar-refractivity contribution in [1.82, 2.24) is 0 Å². The Kier molecular flexibility index (Phi) is 4.54. The second-order valence-electron chi connectivity index (χ2n) is 6.21. The van der Waals surface area contributed by atoms with E-state index in [0.717, 1.165) is 22.3 Å². The standard InChI is InChI=1S/C20H14Cl2O4S/c1-27(23,24)16-4-2-12(3-5-16)17-9-19-20(26-11-25-19)10-18(17)13-6-14(21)8-15(22)7-13/h2-10H,11H2,1H3. The summed E-state index contributed by atoms with van der Waals surface area (Å²) in [4.78, 5) is 0.263. The predicted molar refractivity (Wildman–Crippen MR) is 107 cm³/mol. The van der Waals surface area contributed by atoms with Gasteiger partial charge in [0, 0.05) is 16.3 Å². The van der Waals surface area contributed by atoms with Crippen molar-refractivity contribution < 1.29 is 17.9 Å². The summed E-state index contributed by atoms with van der Waals surface area (Å²) >= 11 is 12.4. The van der Waals surface area contributed by atoms with Gasteiger partial charge in [-0.1, -0.05) is 35.3 Å². The summed E-state index contributed by atoms with van der Waals surface area (Å²) in [5.41, 5.74) is 3.38. The molecule has 0 amide bonds. The molecule has 1 heterocycles. The molecule has 0 aromatic heterocycles.